The summed E-state index contributed by atoms with van der Waals surface area (Å²) in [5, 5.41) is 4.36. The highest BCUT2D eigenvalue weighted by molar-refractivity contribution is 7.19. The zero-order chi connectivity index (χ0) is 14.0. The molecule has 0 bridgehead atoms. The molecule has 0 aliphatic carbocycles. The SMILES string of the molecule is CNc1ccc(-c2ccc(OC)c(C(C)(C)C)c2)s1. The van der Waals surface area contributed by atoms with Crippen molar-refractivity contribution in [2.75, 3.05) is 19.5 Å². The quantitative estimate of drug-likeness (QED) is 0.871. The average Bonchev–Trinajstić information content (AvgIpc) is 2.85. The molecule has 0 amide bonds. The van der Waals surface area contributed by atoms with Crippen LogP contribution in [0.25, 0.3) is 10.4 Å². The van der Waals surface area contributed by atoms with Crippen molar-refractivity contribution >= 4 is 16.3 Å². The minimum atomic E-state index is 0.0739. The molecule has 2 rings (SSSR count). The predicted octanol–water partition coefficient (Wildman–Crippen LogP) is 4.76. The fourth-order valence-electron chi connectivity index (χ4n) is 2.07. The third-order valence-electron chi connectivity index (χ3n) is 3.14. The second-order valence-corrected chi connectivity index (χ2v) is 6.66. The number of benzene rings is 1. The molecule has 2 aromatic rings. The molecule has 1 N–H and O–H groups in total. The first-order chi connectivity index (χ1) is 8.95. The van der Waals surface area contributed by atoms with Crippen LogP contribution in [-0.4, -0.2) is 14.2 Å². The molecule has 0 radical (unpaired) electrons. The third kappa shape index (κ3) is 2.92. The highest BCUT2D eigenvalue weighted by atomic mass is 32.1. The van der Waals surface area contributed by atoms with Gasteiger partial charge in [0.15, 0.2) is 0 Å². The first kappa shape index (κ1) is 13.9. The van der Waals surface area contributed by atoms with Crippen LogP contribution in [0.1, 0.15) is 26.3 Å². The van der Waals surface area contributed by atoms with Gasteiger partial charge in [-0.05, 0) is 41.3 Å². The summed E-state index contributed by atoms with van der Waals surface area (Å²) in [7, 11) is 3.68. The molecule has 0 atom stereocenters. The number of nitrogens with one attached hydrogen (secondary N) is 1. The Kier molecular flexibility index (Phi) is 3.85. The van der Waals surface area contributed by atoms with Crippen LogP contribution in [0.4, 0.5) is 5.00 Å². The van der Waals surface area contributed by atoms with Crippen LogP contribution in [0, 0.1) is 0 Å². The largest absolute Gasteiger partial charge is 0.496 e. The number of ether oxygens (including phenoxy) is 1. The van der Waals surface area contributed by atoms with Crippen LogP contribution < -0.4 is 10.1 Å². The van der Waals surface area contributed by atoms with Gasteiger partial charge < -0.3 is 10.1 Å². The van der Waals surface area contributed by atoms with E-state index in [1.807, 2.05) is 7.05 Å². The molecular weight excluding hydrogens is 254 g/mol. The van der Waals surface area contributed by atoms with E-state index in [4.69, 9.17) is 4.74 Å². The molecule has 102 valence electrons. The van der Waals surface area contributed by atoms with E-state index in [-0.39, 0.29) is 5.41 Å². The van der Waals surface area contributed by atoms with Crippen LogP contribution >= 0.6 is 11.3 Å². The minimum Gasteiger partial charge on any atom is -0.496 e. The van der Waals surface area contributed by atoms with Crippen molar-refractivity contribution in [1.29, 1.82) is 0 Å². The Balaban J connectivity index is 2.48. The van der Waals surface area contributed by atoms with E-state index < -0.39 is 0 Å². The first-order valence-corrected chi connectivity index (χ1v) is 7.24. The Morgan fingerprint density at radius 3 is 2.37 bits per heavy atom. The standard InChI is InChI=1S/C16H21NOS/c1-16(2,3)12-10-11(6-7-13(12)18-5)14-8-9-15(17-4)19-14/h6-10,17H,1-5H3. The highest BCUT2D eigenvalue weighted by Gasteiger charge is 2.19. The van der Waals surface area contributed by atoms with Crippen molar-refractivity contribution in [2.24, 2.45) is 0 Å². The summed E-state index contributed by atoms with van der Waals surface area (Å²) < 4.78 is 5.48. The molecule has 0 saturated heterocycles. The Morgan fingerprint density at radius 1 is 1.11 bits per heavy atom. The second-order valence-electron chi connectivity index (χ2n) is 5.58. The Morgan fingerprint density at radius 2 is 1.84 bits per heavy atom. The summed E-state index contributed by atoms with van der Waals surface area (Å²) >= 11 is 1.77. The maximum atomic E-state index is 5.48. The van der Waals surface area contributed by atoms with E-state index >= 15 is 0 Å². The Hall–Kier alpha value is -1.48. The molecule has 1 aromatic heterocycles. The Bertz CT molecular complexity index is 566. The van der Waals surface area contributed by atoms with Crippen molar-refractivity contribution in [3.63, 3.8) is 0 Å². The summed E-state index contributed by atoms with van der Waals surface area (Å²) in [6.45, 7) is 6.63. The van der Waals surface area contributed by atoms with Gasteiger partial charge in [-0.15, -0.1) is 11.3 Å². The summed E-state index contributed by atoms with van der Waals surface area (Å²) in [5.41, 5.74) is 2.56. The van der Waals surface area contributed by atoms with Crippen LogP contribution in [0.5, 0.6) is 5.75 Å². The minimum absolute atomic E-state index is 0.0739. The van der Waals surface area contributed by atoms with E-state index in [1.54, 1.807) is 18.4 Å². The first-order valence-electron chi connectivity index (χ1n) is 6.42. The summed E-state index contributed by atoms with van der Waals surface area (Å²) in [5.74, 6) is 0.960. The molecule has 0 saturated carbocycles. The number of hydrogen-bond donors (Lipinski definition) is 1. The van der Waals surface area contributed by atoms with Gasteiger partial charge in [-0.25, -0.2) is 0 Å². The van der Waals surface area contributed by atoms with Gasteiger partial charge in [0, 0.05) is 17.5 Å². The van der Waals surface area contributed by atoms with E-state index in [2.05, 4.69) is 56.4 Å². The molecule has 2 nitrogen and oxygen atoms in total. The van der Waals surface area contributed by atoms with Gasteiger partial charge in [0.2, 0.25) is 0 Å². The van der Waals surface area contributed by atoms with Gasteiger partial charge in [-0.1, -0.05) is 20.8 Å². The maximum Gasteiger partial charge on any atom is 0.122 e. The third-order valence-corrected chi connectivity index (χ3v) is 4.30. The zero-order valence-corrected chi connectivity index (χ0v) is 13.0. The van der Waals surface area contributed by atoms with E-state index in [0.717, 1.165) is 5.75 Å². The molecule has 0 fully saturated rings. The van der Waals surface area contributed by atoms with E-state index in [0.29, 0.717) is 0 Å². The number of hydrogen-bond acceptors (Lipinski definition) is 3. The zero-order valence-electron chi connectivity index (χ0n) is 12.2. The van der Waals surface area contributed by atoms with Crippen molar-refractivity contribution < 1.29 is 4.74 Å². The molecule has 0 unspecified atom stereocenters. The fourth-order valence-corrected chi connectivity index (χ4v) is 2.93. The molecule has 0 spiro atoms. The normalized spacial score (nSPS) is 11.4. The van der Waals surface area contributed by atoms with Gasteiger partial charge in [0.25, 0.3) is 0 Å². The topological polar surface area (TPSA) is 21.3 Å². The van der Waals surface area contributed by atoms with Crippen molar-refractivity contribution in [2.45, 2.75) is 26.2 Å². The maximum absolute atomic E-state index is 5.48. The Labute approximate surface area is 119 Å². The molecule has 19 heavy (non-hydrogen) atoms. The van der Waals surface area contributed by atoms with E-state index in [9.17, 15) is 0 Å². The van der Waals surface area contributed by atoms with Crippen molar-refractivity contribution in [3.05, 3.63) is 35.9 Å². The lowest BCUT2D eigenvalue weighted by atomic mass is 9.85. The molecule has 1 heterocycles. The lowest BCUT2D eigenvalue weighted by Crippen LogP contribution is -2.12. The van der Waals surface area contributed by atoms with Crippen LogP contribution in [0.2, 0.25) is 0 Å². The van der Waals surface area contributed by atoms with Gasteiger partial charge in [-0.2, -0.15) is 0 Å². The van der Waals surface area contributed by atoms with E-state index in [1.165, 1.54) is 21.0 Å². The number of rotatable bonds is 3. The summed E-state index contributed by atoms with van der Waals surface area (Å²) in [6.07, 6.45) is 0. The summed E-state index contributed by atoms with van der Waals surface area (Å²) in [6, 6.07) is 10.7. The molecule has 1 aromatic carbocycles. The molecule has 0 aliphatic rings. The van der Waals surface area contributed by atoms with Crippen LogP contribution in [0.15, 0.2) is 30.3 Å². The van der Waals surface area contributed by atoms with Crippen LogP contribution in [0.3, 0.4) is 0 Å². The second kappa shape index (κ2) is 5.25. The number of anilines is 1. The van der Waals surface area contributed by atoms with Gasteiger partial charge in [0.05, 0.1) is 12.1 Å². The number of thiophene rings is 1. The van der Waals surface area contributed by atoms with Gasteiger partial charge >= 0.3 is 0 Å². The lowest BCUT2D eigenvalue weighted by Gasteiger charge is -2.22. The molecule has 0 aliphatic heterocycles. The highest BCUT2D eigenvalue weighted by Crippen LogP contribution is 2.37. The molecular formula is C16H21NOS. The fraction of sp³-hybridized carbons (Fsp3) is 0.375. The lowest BCUT2D eigenvalue weighted by molar-refractivity contribution is 0.397. The monoisotopic (exact) mass is 275 g/mol. The average molecular weight is 275 g/mol. The van der Waals surface area contributed by atoms with Gasteiger partial charge in [0.1, 0.15) is 5.75 Å². The summed E-state index contributed by atoms with van der Waals surface area (Å²) in [4.78, 5) is 1.28. The number of methoxy groups -OCH3 is 1. The van der Waals surface area contributed by atoms with Crippen molar-refractivity contribution in [1.82, 2.24) is 0 Å². The van der Waals surface area contributed by atoms with Crippen LogP contribution in [-0.2, 0) is 5.41 Å². The van der Waals surface area contributed by atoms with Gasteiger partial charge in [-0.3, -0.25) is 0 Å². The molecule has 3 heteroatoms. The van der Waals surface area contributed by atoms with Crippen molar-refractivity contribution in [3.8, 4) is 16.2 Å². The predicted molar refractivity (Wildman–Crippen MR) is 84.6 cm³/mol. The smallest absolute Gasteiger partial charge is 0.122 e.